The average molecular weight is 296 g/mol. The molecule has 0 saturated heterocycles. The number of hydrogen-bond donors (Lipinski definition) is 1. The molecule has 0 saturated carbocycles. The first-order chi connectivity index (χ1) is 9.94. The Morgan fingerprint density at radius 2 is 1.62 bits per heavy atom. The molecule has 21 heavy (non-hydrogen) atoms. The van der Waals surface area contributed by atoms with Crippen LogP contribution in [0.3, 0.4) is 0 Å². The molecule has 0 heterocycles. The van der Waals surface area contributed by atoms with Crippen LogP contribution in [0, 0.1) is 0 Å². The summed E-state index contributed by atoms with van der Waals surface area (Å²) < 4.78 is 42.1. The highest BCUT2D eigenvalue weighted by Gasteiger charge is 2.28. The number of hydrogen-bond acceptors (Lipinski definition) is 2. The standard InChI is InChI=1S/C16H15F3O2/c17-16(18,19)10-9-15(20)12-5-4-8-14(11-12)21-13-6-2-1-3-7-13/h1-8,11,15,20H,9-10H2. The van der Waals surface area contributed by atoms with Crippen molar-refractivity contribution >= 4 is 0 Å². The number of aliphatic hydroxyl groups excluding tert-OH is 1. The molecule has 2 rings (SSSR count). The summed E-state index contributed by atoms with van der Waals surface area (Å²) in [6, 6.07) is 15.5. The SMILES string of the molecule is OC(CCC(F)(F)F)c1cccc(Oc2ccccc2)c1. The monoisotopic (exact) mass is 296 g/mol. The molecule has 1 atom stereocenters. The van der Waals surface area contributed by atoms with Gasteiger partial charge < -0.3 is 9.84 Å². The highest BCUT2D eigenvalue weighted by atomic mass is 19.4. The van der Waals surface area contributed by atoms with Gasteiger partial charge in [0.25, 0.3) is 0 Å². The van der Waals surface area contributed by atoms with Crippen molar-refractivity contribution in [1.82, 2.24) is 0 Å². The van der Waals surface area contributed by atoms with Gasteiger partial charge in [0.1, 0.15) is 11.5 Å². The molecule has 2 aromatic carbocycles. The van der Waals surface area contributed by atoms with E-state index >= 15 is 0 Å². The predicted molar refractivity (Wildman–Crippen MR) is 73.2 cm³/mol. The largest absolute Gasteiger partial charge is 0.457 e. The first kappa shape index (κ1) is 15.4. The molecule has 1 unspecified atom stereocenters. The number of aliphatic hydroxyl groups is 1. The van der Waals surface area contributed by atoms with E-state index in [9.17, 15) is 18.3 Å². The van der Waals surface area contributed by atoms with Crippen LogP contribution in [0.5, 0.6) is 11.5 Å². The normalized spacial score (nSPS) is 13.0. The molecule has 0 spiro atoms. The molecule has 2 aromatic rings. The third-order valence-electron chi connectivity index (χ3n) is 2.92. The molecule has 0 amide bonds. The summed E-state index contributed by atoms with van der Waals surface area (Å²) in [4.78, 5) is 0. The molecule has 0 radical (unpaired) electrons. The van der Waals surface area contributed by atoms with Gasteiger partial charge in [-0.05, 0) is 36.2 Å². The number of halogens is 3. The van der Waals surface area contributed by atoms with E-state index in [1.54, 1.807) is 36.4 Å². The van der Waals surface area contributed by atoms with Crippen LogP contribution in [0.1, 0.15) is 24.5 Å². The fraction of sp³-hybridized carbons (Fsp3) is 0.250. The van der Waals surface area contributed by atoms with Crippen molar-refractivity contribution in [3.8, 4) is 11.5 Å². The second-order valence-corrected chi connectivity index (χ2v) is 4.66. The molecule has 112 valence electrons. The molecule has 0 aliphatic carbocycles. The van der Waals surface area contributed by atoms with E-state index in [1.807, 2.05) is 18.2 Å². The first-order valence-corrected chi connectivity index (χ1v) is 6.52. The lowest BCUT2D eigenvalue weighted by Crippen LogP contribution is -2.10. The highest BCUT2D eigenvalue weighted by molar-refractivity contribution is 5.34. The van der Waals surface area contributed by atoms with E-state index < -0.39 is 18.7 Å². The van der Waals surface area contributed by atoms with E-state index in [4.69, 9.17) is 4.74 Å². The van der Waals surface area contributed by atoms with Crippen LogP contribution in [0.25, 0.3) is 0 Å². The van der Waals surface area contributed by atoms with Gasteiger partial charge in [-0.2, -0.15) is 13.2 Å². The van der Waals surface area contributed by atoms with Crippen LogP contribution < -0.4 is 4.74 Å². The van der Waals surface area contributed by atoms with Crippen LogP contribution in [-0.2, 0) is 0 Å². The minimum atomic E-state index is -4.26. The summed E-state index contributed by atoms with van der Waals surface area (Å²) in [6.45, 7) is 0. The third kappa shape index (κ3) is 5.11. The summed E-state index contributed by atoms with van der Waals surface area (Å²) in [6.07, 6.45) is -6.80. The third-order valence-corrected chi connectivity index (χ3v) is 2.92. The summed E-state index contributed by atoms with van der Waals surface area (Å²) in [5.74, 6) is 1.10. The smallest absolute Gasteiger partial charge is 0.389 e. The maximum Gasteiger partial charge on any atom is 0.389 e. The van der Waals surface area contributed by atoms with Gasteiger partial charge in [-0.3, -0.25) is 0 Å². The Labute approximate surface area is 120 Å². The van der Waals surface area contributed by atoms with E-state index in [2.05, 4.69) is 0 Å². The predicted octanol–water partition coefficient (Wildman–Crippen LogP) is 4.85. The van der Waals surface area contributed by atoms with Gasteiger partial charge in [-0.25, -0.2) is 0 Å². The Kier molecular flexibility index (Phi) is 4.85. The van der Waals surface area contributed by atoms with E-state index in [1.165, 1.54) is 0 Å². The lowest BCUT2D eigenvalue weighted by atomic mass is 10.0. The average Bonchev–Trinajstić information content (AvgIpc) is 2.45. The summed E-state index contributed by atoms with van der Waals surface area (Å²) in [5.41, 5.74) is 0.410. The van der Waals surface area contributed by atoms with Crippen molar-refractivity contribution in [3.05, 3.63) is 60.2 Å². The Morgan fingerprint density at radius 3 is 2.29 bits per heavy atom. The summed E-state index contributed by atoms with van der Waals surface area (Å²) in [5, 5.41) is 9.82. The van der Waals surface area contributed by atoms with Crippen molar-refractivity contribution in [2.75, 3.05) is 0 Å². The van der Waals surface area contributed by atoms with E-state index in [0.29, 0.717) is 17.1 Å². The van der Waals surface area contributed by atoms with Crippen molar-refractivity contribution in [2.45, 2.75) is 25.1 Å². The van der Waals surface area contributed by atoms with Crippen molar-refractivity contribution in [2.24, 2.45) is 0 Å². The molecule has 0 bridgehead atoms. The number of benzene rings is 2. The minimum absolute atomic E-state index is 0.363. The second-order valence-electron chi connectivity index (χ2n) is 4.66. The summed E-state index contributed by atoms with van der Waals surface area (Å²) in [7, 11) is 0. The Balaban J connectivity index is 2.03. The maximum absolute atomic E-state index is 12.2. The molecule has 5 heteroatoms. The fourth-order valence-corrected chi connectivity index (χ4v) is 1.88. The zero-order chi connectivity index (χ0) is 15.3. The molecule has 0 aliphatic rings. The van der Waals surface area contributed by atoms with Gasteiger partial charge in [0.05, 0.1) is 6.10 Å². The quantitative estimate of drug-likeness (QED) is 0.854. The second kappa shape index (κ2) is 6.63. The minimum Gasteiger partial charge on any atom is -0.457 e. The van der Waals surface area contributed by atoms with Gasteiger partial charge in [0.15, 0.2) is 0 Å². The van der Waals surface area contributed by atoms with Crippen LogP contribution in [0.15, 0.2) is 54.6 Å². The molecular weight excluding hydrogens is 281 g/mol. The Morgan fingerprint density at radius 1 is 0.952 bits per heavy atom. The Bertz CT molecular complexity index is 567. The topological polar surface area (TPSA) is 29.5 Å². The molecule has 2 nitrogen and oxygen atoms in total. The molecule has 1 N–H and O–H groups in total. The lowest BCUT2D eigenvalue weighted by Gasteiger charge is -2.14. The number of alkyl halides is 3. The fourth-order valence-electron chi connectivity index (χ4n) is 1.88. The molecule has 0 aliphatic heterocycles. The number of ether oxygens (including phenoxy) is 1. The number of para-hydroxylation sites is 1. The van der Waals surface area contributed by atoms with Gasteiger partial charge in [-0.15, -0.1) is 0 Å². The maximum atomic E-state index is 12.2. The van der Waals surface area contributed by atoms with Crippen LogP contribution in [0.2, 0.25) is 0 Å². The van der Waals surface area contributed by atoms with Crippen molar-refractivity contribution in [3.63, 3.8) is 0 Å². The van der Waals surface area contributed by atoms with E-state index in [0.717, 1.165) is 0 Å². The van der Waals surface area contributed by atoms with Gasteiger partial charge >= 0.3 is 6.18 Å². The first-order valence-electron chi connectivity index (χ1n) is 6.52. The van der Waals surface area contributed by atoms with Gasteiger partial charge in [0.2, 0.25) is 0 Å². The molecule has 0 aromatic heterocycles. The molecule has 0 fully saturated rings. The zero-order valence-corrected chi connectivity index (χ0v) is 11.2. The zero-order valence-electron chi connectivity index (χ0n) is 11.2. The van der Waals surface area contributed by atoms with Crippen molar-refractivity contribution in [1.29, 1.82) is 0 Å². The Hall–Kier alpha value is -2.01. The van der Waals surface area contributed by atoms with E-state index in [-0.39, 0.29) is 6.42 Å². The summed E-state index contributed by atoms with van der Waals surface area (Å²) >= 11 is 0. The van der Waals surface area contributed by atoms with Crippen LogP contribution in [-0.4, -0.2) is 11.3 Å². The van der Waals surface area contributed by atoms with Crippen molar-refractivity contribution < 1.29 is 23.0 Å². The van der Waals surface area contributed by atoms with Crippen LogP contribution >= 0.6 is 0 Å². The van der Waals surface area contributed by atoms with Crippen LogP contribution in [0.4, 0.5) is 13.2 Å². The molecular formula is C16H15F3O2. The number of rotatable bonds is 5. The van der Waals surface area contributed by atoms with Gasteiger partial charge in [-0.1, -0.05) is 30.3 Å². The van der Waals surface area contributed by atoms with Gasteiger partial charge in [0, 0.05) is 6.42 Å². The highest BCUT2D eigenvalue weighted by Crippen LogP contribution is 2.30. The lowest BCUT2D eigenvalue weighted by molar-refractivity contribution is -0.140.